The van der Waals surface area contributed by atoms with Crippen molar-refractivity contribution in [2.75, 3.05) is 18.0 Å². The van der Waals surface area contributed by atoms with Gasteiger partial charge in [0.05, 0.1) is 24.0 Å². The van der Waals surface area contributed by atoms with E-state index in [1.54, 1.807) is 26.1 Å². The maximum Gasteiger partial charge on any atom is 0.269 e. The van der Waals surface area contributed by atoms with E-state index in [9.17, 15) is 9.90 Å². The molecule has 1 fully saturated rings. The topological polar surface area (TPSA) is 58.4 Å². The van der Waals surface area contributed by atoms with Gasteiger partial charge in [0, 0.05) is 19.2 Å². The molecule has 2 rings (SSSR count). The quantitative estimate of drug-likeness (QED) is 0.898. The third kappa shape index (κ3) is 3.15. The first-order valence-corrected chi connectivity index (χ1v) is 7.01. The number of hydrogen-bond acceptors (Lipinski definition) is 4. The van der Waals surface area contributed by atoms with Crippen molar-refractivity contribution in [2.24, 2.45) is 5.92 Å². The highest BCUT2D eigenvalue weighted by molar-refractivity contribution is 5.43. The Hall–Kier alpha value is -1.36. The smallest absolute Gasteiger partial charge is 0.269 e. The highest BCUT2D eigenvalue weighted by atomic mass is 16.3. The summed E-state index contributed by atoms with van der Waals surface area (Å²) in [6, 6.07) is 1.32. The molecule has 1 aromatic rings. The molecule has 0 aliphatic carbocycles. The third-order valence-electron chi connectivity index (χ3n) is 4.04. The zero-order valence-corrected chi connectivity index (χ0v) is 11.9. The van der Waals surface area contributed by atoms with Gasteiger partial charge >= 0.3 is 0 Å². The third-order valence-corrected chi connectivity index (χ3v) is 4.04. The zero-order chi connectivity index (χ0) is 14.0. The summed E-state index contributed by atoms with van der Waals surface area (Å²) in [5.74, 6) is 0.764. The second-order valence-electron chi connectivity index (χ2n) is 5.65. The van der Waals surface area contributed by atoms with E-state index in [0.29, 0.717) is 0 Å². The number of anilines is 1. The molecule has 2 heterocycles. The first-order valence-electron chi connectivity index (χ1n) is 7.01. The minimum Gasteiger partial charge on any atom is -0.391 e. The first kappa shape index (κ1) is 14.1. The number of nitrogens with zero attached hydrogens (tertiary/aromatic N) is 3. The van der Waals surface area contributed by atoms with Gasteiger partial charge in [-0.25, -0.2) is 4.68 Å². The predicted molar refractivity (Wildman–Crippen MR) is 75.5 cm³/mol. The molecule has 1 aliphatic heterocycles. The highest BCUT2D eigenvalue weighted by Gasteiger charge is 2.18. The Kier molecular flexibility index (Phi) is 4.24. The minimum absolute atomic E-state index is 0.149. The van der Waals surface area contributed by atoms with Crippen molar-refractivity contribution >= 4 is 5.69 Å². The molecular weight excluding hydrogens is 242 g/mol. The van der Waals surface area contributed by atoms with Gasteiger partial charge in [-0.15, -0.1) is 0 Å². The van der Waals surface area contributed by atoms with Crippen molar-refractivity contribution < 1.29 is 5.11 Å². The molecule has 0 spiro atoms. The molecular formula is C14H23N3O2. The maximum atomic E-state index is 12.1. The summed E-state index contributed by atoms with van der Waals surface area (Å²) in [6.07, 6.45) is 3.46. The molecule has 1 aliphatic rings. The van der Waals surface area contributed by atoms with Crippen LogP contribution >= 0.6 is 0 Å². The van der Waals surface area contributed by atoms with Crippen LogP contribution in [-0.2, 0) is 0 Å². The van der Waals surface area contributed by atoms with E-state index in [2.05, 4.69) is 16.9 Å². The summed E-state index contributed by atoms with van der Waals surface area (Å²) in [5, 5.41) is 13.7. The van der Waals surface area contributed by atoms with E-state index in [0.717, 1.165) is 37.5 Å². The lowest BCUT2D eigenvalue weighted by molar-refractivity contribution is 0.129. The van der Waals surface area contributed by atoms with E-state index >= 15 is 0 Å². The number of piperidine rings is 1. The lowest BCUT2D eigenvalue weighted by Crippen LogP contribution is -2.36. The van der Waals surface area contributed by atoms with Gasteiger partial charge in [0.15, 0.2) is 0 Å². The van der Waals surface area contributed by atoms with Crippen LogP contribution in [0.1, 0.15) is 39.7 Å². The average Bonchev–Trinajstić information content (AvgIpc) is 2.38. The van der Waals surface area contributed by atoms with E-state index < -0.39 is 6.10 Å². The summed E-state index contributed by atoms with van der Waals surface area (Å²) in [6.45, 7) is 7.69. The number of hydrogen-bond donors (Lipinski definition) is 1. The monoisotopic (exact) mass is 265 g/mol. The van der Waals surface area contributed by atoms with Crippen LogP contribution in [0, 0.1) is 5.92 Å². The second-order valence-corrected chi connectivity index (χ2v) is 5.65. The van der Waals surface area contributed by atoms with E-state index in [1.807, 2.05) is 0 Å². The van der Waals surface area contributed by atoms with Gasteiger partial charge in [0.1, 0.15) is 0 Å². The van der Waals surface area contributed by atoms with E-state index in [4.69, 9.17) is 0 Å². The van der Waals surface area contributed by atoms with Gasteiger partial charge in [-0.2, -0.15) is 5.10 Å². The summed E-state index contributed by atoms with van der Waals surface area (Å²) in [4.78, 5) is 14.3. The van der Waals surface area contributed by atoms with Crippen LogP contribution in [0.15, 0.2) is 17.1 Å². The van der Waals surface area contributed by atoms with Crippen LogP contribution in [-0.4, -0.2) is 34.1 Å². The van der Waals surface area contributed by atoms with Crippen molar-refractivity contribution in [3.8, 4) is 0 Å². The Morgan fingerprint density at radius 2 is 2.00 bits per heavy atom. The van der Waals surface area contributed by atoms with Crippen molar-refractivity contribution in [3.63, 3.8) is 0 Å². The van der Waals surface area contributed by atoms with Crippen molar-refractivity contribution in [1.82, 2.24) is 9.78 Å². The van der Waals surface area contributed by atoms with Crippen LogP contribution in [0.2, 0.25) is 0 Å². The Morgan fingerprint density at radius 3 is 2.53 bits per heavy atom. The van der Waals surface area contributed by atoms with Crippen LogP contribution < -0.4 is 10.5 Å². The molecule has 106 valence electrons. The Bertz CT molecular complexity index is 476. The fourth-order valence-corrected chi connectivity index (χ4v) is 2.36. The normalized spacial score (nSPS) is 20.3. The number of aromatic nitrogens is 2. The Labute approximate surface area is 113 Å². The summed E-state index contributed by atoms with van der Waals surface area (Å²) >= 11 is 0. The molecule has 1 N–H and O–H groups in total. The van der Waals surface area contributed by atoms with Gasteiger partial charge in [-0.1, -0.05) is 6.92 Å². The lowest BCUT2D eigenvalue weighted by atomic mass is 9.99. The predicted octanol–water partition coefficient (Wildman–Crippen LogP) is 1.42. The Balaban J connectivity index is 2.17. The molecule has 0 radical (unpaired) electrons. The van der Waals surface area contributed by atoms with Gasteiger partial charge in [-0.3, -0.25) is 4.79 Å². The number of aliphatic hydroxyl groups is 1. The molecule has 2 unspecified atom stereocenters. The van der Waals surface area contributed by atoms with Gasteiger partial charge < -0.3 is 10.0 Å². The van der Waals surface area contributed by atoms with Crippen LogP contribution in [0.5, 0.6) is 0 Å². The highest BCUT2D eigenvalue weighted by Crippen LogP contribution is 2.21. The van der Waals surface area contributed by atoms with E-state index in [1.165, 1.54) is 4.68 Å². The fraction of sp³-hybridized carbons (Fsp3) is 0.714. The molecule has 1 aromatic heterocycles. The molecule has 0 bridgehead atoms. The number of rotatable bonds is 3. The second kappa shape index (κ2) is 5.74. The number of aliphatic hydroxyl groups excluding tert-OH is 1. The molecule has 1 saturated heterocycles. The van der Waals surface area contributed by atoms with Gasteiger partial charge in [-0.05, 0) is 32.6 Å². The minimum atomic E-state index is -0.591. The molecule has 2 atom stereocenters. The molecule has 5 nitrogen and oxygen atoms in total. The molecule has 0 saturated carbocycles. The molecule has 0 aromatic carbocycles. The summed E-state index contributed by atoms with van der Waals surface area (Å²) in [7, 11) is 0. The fourth-order valence-electron chi connectivity index (χ4n) is 2.36. The largest absolute Gasteiger partial charge is 0.391 e. The van der Waals surface area contributed by atoms with Crippen LogP contribution in [0.25, 0.3) is 0 Å². The Morgan fingerprint density at radius 1 is 1.37 bits per heavy atom. The van der Waals surface area contributed by atoms with Crippen molar-refractivity contribution in [3.05, 3.63) is 22.6 Å². The van der Waals surface area contributed by atoms with Crippen LogP contribution in [0.4, 0.5) is 5.69 Å². The van der Waals surface area contributed by atoms with Gasteiger partial charge in [0.2, 0.25) is 0 Å². The van der Waals surface area contributed by atoms with Crippen LogP contribution in [0.3, 0.4) is 0 Å². The maximum absolute atomic E-state index is 12.1. The summed E-state index contributed by atoms with van der Waals surface area (Å²) in [5.41, 5.74) is 0.746. The standard InChI is InChI=1S/C14H23N3O2/c1-10-4-6-16(7-5-10)13-8-14(19)17(15-9-13)11(2)12(3)18/h8-12,18H,4-7H2,1-3H3. The summed E-state index contributed by atoms with van der Waals surface area (Å²) < 4.78 is 1.35. The first-order chi connectivity index (χ1) is 8.99. The average molecular weight is 265 g/mol. The molecule has 19 heavy (non-hydrogen) atoms. The molecule has 5 heteroatoms. The van der Waals surface area contributed by atoms with Crippen molar-refractivity contribution in [2.45, 2.75) is 45.8 Å². The van der Waals surface area contributed by atoms with Crippen molar-refractivity contribution in [1.29, 1.82) is 0 Å². The molecule has 0 amide bonds. The lowest BCUT2D eigenvalue weighted by Gasteiger charge is -2.31. The SMILES string of the molecule is CC1CCN(c2cnn(C(C)C(C)O)c(=O)c2)CC1. The van der Waals surface area contributed by atoms with Gasteiger partial charge in [0.25, 0.3) is 5.56 Å². The van der Waals surface area contributed by atoms with E-state index in [-0.39, 0.29) is 11.6 Å². The zero-order valence-electron chi connectivity index (χ0n) is 11.9.